The molecule has 0 saturated carbocycles. The molecule has 1 heterocycles. The van der Waals surface area contributed by atoms with Gasteiger partial charge in [0.2, 0.25) is 0 Å². The number of anilines is 1. The lowest BCUT2D eigenvalue weighted by atomic mass is 10.1. The molecule has 0 aliphatic carbocycles. The van der Waals surface area contributed by atoms with Crippen molar-refractivity contribution >= 4 is 62.9 Å². The van der Waals surface area contributed by atoms with E-state index in [1.54, 1.807) is 11.3 Å². The maximum absolute atomic E-state index is 5.86. The Kier molecular flexibility index (Phi) is 7.53. The standard InChI is InChI=1S/C14H16BrN3S.HI/c1-2-10-3-5-12(6-4-10)18-14(16)17-8-13-7-11(15)9-19-13;/h3-7,9H,2,8H2,1H3,(H3,16,17,18);1H. The number of guanidine groups is 1. The number of hydrogen-bond donors (Lipinski definition) is 2. The van der Waals surface area contributed by atoms with Gasteiger partial charge < -0.3 is 11.1 Å². The molecule has 0 atom stereocenters. The molecule has 1 aromatic heterocycles. The highest BCUT2D eigenvalue weighted by Gasteiger charge is 1.98. The number of benzene rings is 1. The highest BCUT2D eigenvalue weighted by Crippen LogP contribution is 2.20. The minimum atomic E-state index is 0. The van der Waals surface area contributed by atoms with E-state index in [9.17, 15) is 0 Å². The first-order valence-corrected chi connectivity index (χ1v) is 7.73. The van der Waals surface area contributed by atoms with Gasteiger partial charge in [0, 0.05) is 20.4 Å². The average molecular weight is 466 g/mol. The Morgan fingerprint density at radius 2 is 2.05 bits per heavy atom. The van der Waals surface area contributed by atoms with Crippen LogP contribution in [0.2, 0.25) is 0 Å². The molecule has 3 nitrogen and oxygen atoms in total. The van der Waals surface area contributed by atoms with Crippen LogP contribution in [0.25, 0.3) is 0 Å². The summed E-state index contributed by atoms with van der Waals surface area (Å²) in [5, 5.41) is 5.13. The third kappa shape index (κ3) is 5.41. The Hall–Kier alpha value is -0.600. The van der Waals surface area contributed by atoms with Crippen molar-refractivity contribution < 1.29 is 0 Å². The number of aryl methyl sites for hydroxylation is 1. The Bertz CT molecular complexity index is 566. The topological polar surface area (TPSA) is 50.4 Å². The van der Waals surface area contributed by atoms with Crippen molar-refractivity contribution in [2.45, 2.75) is 19.9 Å². The predicted octanol–water partition coefficient (Wildman–Crippen LogP) is 4.62. The Balaban J connectivity index is 0.00000200. The SMILES string of the molecule is CCc1ccc(NC(N)=NCc2cc(Br)cs2)cc1.I. The highest BCUT2D eigenvalue weighted by molar-refractivity contribution is 14.0. The summed E-state index contributed by atoms with van der Waals surface area (Å²) in [4.78, 5) is 5.50. The molecule has 2 rings (SSSR count). The summed E-state index contributed by atoms with van der Waals surface area (Å²) in [6, 6.07) is 10.3. The van der Waals surface area contributed by atoms with Gasteiger partial charge >= 0.3 is 0 Å². The molecule has 0 aliphatic heterocycles. The molecule has 0 spiro atoms. The van der Waals surface area contributed by atoms with Crippen LogP contribution in [0.5, 0.6) is 0 Å². The van der Waals surface area contributed by atoms with Gasteiger partial charge in [0.1, 0.15) is 0 Å². The Morgan fingerprint density at radius 3 is 2.60 bits per heavy atom. The Labute approximate surface area is 148 Å². The summed E-state index contributed by atoms with van der Waals surface area (Å²) >= 11 is 5.09. The molecular formula is C14H17BrIN3S. The minimum absolute atomic E-state index is 0. The van der Waals surface area contributed by atoms with Crippen molar-refractivity contribution in [1.82, 2.24) is 0 Å². The van der Waals surface area contributed by atoms with Gasteiger partial charge in [0.25, 0.3) is 0 Å². The molecule has 0 unspecified atom stereocenters. The average Bonchev–Trinajstić information content (AvgIpc) is 2.83. The van der Waals surface area contributed by atoms with E-state index in [1.165, 1.54) is 10.4 Å². The Morgan fingerprint density at radius 1 is 1.35 bits per heavy atom. The normalized spacial score (nSPS) is 11.0. The second kappa shape index (κ2) is 8.63. The lowest BCUT2D eigenvalue weighted by Gasteiger charge is -2.06. The van der Waals surface area contributed by atoms with Crippen LogP contribution in [0, 0.1) is 0 Å². The number of halogens is 2. The fraction of sp³-hybridized carbons (Fsp3) is 0.214. The summed E-state index contributed by atoms with van der Waals surface area (Å²) in [5.41, 5.74) is 8.14. The minimum Gasteiger partial charge on any atom is -0.370 e. The van der Waals surface area contributed by atoms with Crippen molar-refractivity contribution in [1.29, 1.82) is 0 Å². The van der Waals surface area contributed by atoms with Gasteiger partial charge in [-0.05, 0) is 46.1 Å². The van der Waals surface area contributed by atoms with Gasteiger partial charge in [0.15, 0.2) is 5.96 Å². The molecule has 0 saturated heterocycles. The van der Waals surface area contributed by atoms with Gasteiger partial charge in [-0.2, -0.15) is 0 Å². The molecule has 0 amide bonds. The fourth-order valence-electron chi connectivity index (χ4n) is 1.61. The van der Waals surface area contributed by atoms with E-state index in [2.05, 4.69) is 51.4 Å². The number of nitrogens with one attached hydrogen (secondary N) is 1. The fourth-order valence-corrected chi connectivity index (χ4v) is 2.99. The predicted molar refractivity (Wildman–Crippen MR) is 102 cm³/mol. The summed E-state index contributed by atoms with van der Waals surface area (Å²) < 4.78 is 1.09. The van der Waals surface area contributed by atoms with Gasteiger partial charge in [-0.15, -0.1) is 35.3 Å². The first-order chi connectivity index (χ1) is 9.17. The molecule has 0 fully saturated rings. The molecule has 20 heavy (non-hydrogen) atoms. The third-order valence-electron chi connectivity index (χ3n) is 2.66. The third-order valence-corrected chi connectivity index (χ3v) is 4.34. The van der Waals surface area contributed by atoms with Gasteiger partial charge in [-0.25, -0.2) is 4.99 Å². The van der Waals surface area contributed by atoms with Crippen LogP contribution >= 0.6 is 51.2 Å². The largest absolute Gasteiger partial charge is 0.370 e. The van der Waals surface area contributed by atoms with E-state index in [0.717, 1.165) is 16.6 Å². The zero-order valence-corrected chi connectivity index (χ0v) is 15.8. The second-order valence-electron chi connectivity index (χ2n) is 4.11. The maximum Gasteiger partial charge on any atom is 0.193 e. The van der Waals surface area contributed by atoms with Crippen LogP contribution in [-0.4, -0.2) is 5.96 Å². The molecule has 0 radical (unpaired) electrons. The van der Waals surface area contributed by atoms with E-state index in [4.69, 9.17) is 5.73 Å². The van der Waals surface area contributed by atoms with Crippen molar-refractivity contribution in [2.75, 3.05) is 5.32 Å². The van der Waals surface area contributed by atoms with Crippen LogP contribution < -0.4 is 11.1 Å². The molecule has 0 aliphatic rings. The van der Waals surface area contributed by atoms with Crippen molar-refractivity contribution in [3.05, 3.63) is 50.6 Å². The van der Waals surface area contributed by atoms with E-state index in [-0.39, 0.29) is 24.0 Å². The first-order valence-electron chi connectivity index (χ1n) is 6.06. The van der Waals surface area contributed by atoms with E-state index in [0.29, 0.717) is 12.5 Å². The molecular weight excluding hydrogens is 449 g/mol. The number of hydrogen-bond acceptors (Lipinski definition) is 2. The van der Waals surface area contributed by atoms with Crippen LogP contribution in [0.1, 0.15) is 17.4 Å². The zero-order valence-electron chi connectivity index (χ0n) is 11.1. The summed E-state index contributed by atoms with van der Waals surface area (Å²) in [7, 11) is 0. The summed E-state index contributed by atoms with van der Waals surface area (Å²) in [6.07, 6.45) is 1.04. The summed E-state index contributed by atoms with van der Waals surface area (Å²) in [5.74, 6) is 0.439. The monoisotopic (exact) mass is 465 g/mol. The molecule has 2 aromatic rings. The summed E-state index contributed by atoms with van der Waals surface area (Å²) in [6.45, 7) is 2.74. The highest BCUT2D eigenvalue weighted by atomic mass is 127. The first kappa shape index (κ1) is 17.5. The molecule has 0 bridgehead atoms. The maximum atomic E-state index is 5.86. The van der Waals surface area contributed by atoms with Crippen LogP contribution in [-0.2, 0) is 13.0 Å². The molecule has 108 valence electrons. The van der Waals surface area contributed by atoms with Crippen molar-refractivity contribution in [3.63, 3.8) is 0 Å². The lowest BCUT2D eigenvalue weighted by molar-refractivity contribution is 1.09. The van der Waals surface area contributed by atoms with Gasteiger partial charge in [-0.3, -0.25) is 0 Å². The van der Waals surface area contributed by atoms with Crippen molar-refractivity contribution in [3.8, 4) is 0 Å². The van der Waals surface area contributed by atoms with E-state index < -0.39 is 0 Å². The number of nitrogens with zero attached hydrogens (tertiary/aromatic N) is 1. The second-order valence-corrected chi connectivity index (χ2v) is 6.02. The van der Waals surface area contributed by atoms with E-state index in [1.807, 2.05) is 17.5 Å². The van der Waals surface area contributed by atoms with Crippen LogP contribution in [0.3, 0.4) is 0 Å². The van der Waals surface area contributed by atoms with E-state index >= 15 is 0 Å². The molecule has 3 N–H and O–H groups in total. The zero-order chi connectivity index (χ0) is 13.7. The number of aliphatic imine (C=N–C) groups is 1. The molecule has 1 aromatic carbocycles. The number of thiophene rings is 1. The lowest BCUT2D eigenvalue weighted by Crippen LogP contribution is -2.22. The molecule has 6 heteroatoms. The van der Waals surface area contributed by atoms with Crippen molar-refractivity contribution in [2.24, 2.45) is 10.7 Å². The number of rotatable bonds is 4. The van der Waals surface area contributed by atoms with Crippen LogP contribution in [0.4, 0.5) is 5.69 Å². The van der Waals surface area contributed by atoms with Crippen LogP contribution in [0.15, 0.2) is 45.2 Å². The number of nitrogens with two attached hydrogens (primary N) is 1. The quantitative estimate of drug-likeness (QED) is 0.393. The van der Waals surface area contributed by atoms with Gasteiger partial charge in [0.05, 0.1) is 6.54 Å². The smallest absolute Gasteiger partial charge is 0.193 e. The van der Waals surface area contributed by atoms with Gasteiger partial charge in [-0.1, -0.05) is 19.1 Å².